The molecular formula is C10H14ClFN3O13P3. The largest absolute Gasteiger partial charge is 0.490 e. The number of nitrogens with two attached hydrogens (primary N) is 1. The van der Waals surface area contributed by atoms with Crippen molar-refractivity contribution in [2.45, 2.75) is 28.9 Å². The predicted octanol–water partition coefficient (Wildman–Crippen LogP) is -0.873. The van der Waals surface area contributed by atoms with Gasteiger partial charge in [-0.25, -0.2) is 22.9 Å². The average Bonchev–Trinajstić information content (AvgIpc) is 2.95. The number of phosphoric ester groups is 1. The smallest absolute Gasteiger partial charge is 0.383 e. The Morgan fingerprint density at radius 1 is 1.26 bits per heavy atom. The number of alkyl halides is 2. The van der Waals surface area contributed by atoms with E-state index < -0.39 is 64.7 Å². The number of aromatic nitrogens is 2. The molecule has 2 fully saturated rings. The summed E-state index contributed by atoms with van der Waals surface area (Å²) in [7, 11) is -17.2. The zero-order valence-corrected chi connectivity index (χ0v) is 18.1. The molecule has 0 amide bonds. The summed E-state index contributed by atoms with van der Waals surface area (Å²) < 4.78 is 65.4. The first-order chi connectivity index (χ1) is 14.0. The number of fused-ring (bicyclic) bond motifs is 1. The molecule has 1 aliphatic heterocycles. The van der Waals surface area contributed by atoms with E-state index in [1.807, 2.05) is 0 Å². The molecule has 1 aliphatic carbocycles. The molecule has 0 bridgehead atoms. The summed E-state index contributed by atoms with van der Waals surface area (Å²) in [5.74, 6) is -0.153. The minimum Gasteiger partial charge on any atom is -0.383 e. The third kappa shape index (κ3) is 4.39. The molecule has 0 aromatic carbocycles. The summed E-state index contributed by atoms with van der Waals surface area (Å²) >= 11 is 6.09. The Morgan fingerprint density at radius 2 is 1.87 bits per heavy atom. The third-order valence-corrected chi connectivity index (χ3v) is 8.75. The molecule has 21 heteroatoms. The van der Waals surface area contributed by atoms with Crippen molar-refractivity contribution in [3.05, 3.63) is 22.7 Å². The van der Waals surface area contributed by atoms with E-state index in [0.717, 1.165) is 10.8 Å². The highest BCUT2D eigenvalue weighted by Gasteiger charge is 2.89. The van der Waals surface area contributed by atoms with Crippen LogP contribution in [-0.2, 0) is 31.6 Å². The van der Waals surface area contributed by atoms with Gasteiger partial charge in [0.2, 0.25) is 0 Å². The Balaban J connectivity index is 1.82. The lowest BCUT2D eigenvalue weighted by Gasteiger charge is -2.25. The maximum absolute atomic E-state index is 13.8. The summed E-state index contributed by atoms with van der Waals surface area (Å²) in [4.78, 5) is 51.2. The number of rotatable bonds is 8. The van der Waals surface area contributed by atoms with Gasteiger partial charge in [0.05, 0.1) is 0 Å². The molecular weight excluding hydrogens is 517 g/mol. The molecule has 3 unspecified atom stereocenters. The summed E-state index contributed by atoms with van der Waals surface area (Å²) in [5, 5.41) is 9.04. The molecule has 1 aromatic rings. The number of hydrogen-bond donors (Lipinski definition) is 6. The normalized spacial score (nSPS) is 36.4. The second kappa shape index (κ2) is 7.64. The number of halogens is 2. The summed E-state index contributed by atoms with van der Waals surface area (Å²) in [5.41, 5.74) is -0.569. The molecule has 7 N–H and O–H groups in total. The van der Waals surface area contributed by atoms with Crippen molar-refractivity contribution in [1.29, 1.82) is 0 Å². The van der Waals surface area contributed by atoms with E-state index in [1.165, 1.54) is 6.07 Å². The van der Waals surface area contributed by atoms with Crippen molar-refractivity contribution >= 4 is 40.9 Å². The molecule has 7 atom stereocenters. The van der Waals surface area contributed by atoms with E-state index in [4.69, 9.17) is 36.8 Å². The lowest BCUT2D eigenvalue weighted by Crippen LogP contribution is -2.38. The Kier molecular flexibility index (Phi) is 6.13. The van der Waals surface area contributed by atoms with Crippen molar-refractivity contribution in [2.75, 3.05) is 12.4 Å². The Labute approximate surface area is 175 Å². The van der Waals surface area contributed by atoms with Gasteiger partial charge in [0.25, 0.3) is 0 Å². The number of nitrogen functional groups attached to an aromatic ring is 1. The van der Waals surface area contributed by atoms with E-state index in [9.17, 15) is 32.9 Å². The molecule has 31 heavy (non-hydrogen) atoms. The summed E-state index contributed by atoms with van der Waals surface area (Å²) in [6, 6.07) is 1.17. The van der Waals surface area contributed by atoms with Gasteiger partial charge in [-0.2, -0.15) is 13.6 Å². The Hall–Kier alpha value is -0.770. The standard InChI is InChI=1S/C10H14ClFN3O13P3/c11-5-6(15-2-1-4(13)14-8(15)16)25-9(3-12)7(10(5,9)17)26-30(21,22)28-31(23,24)27-29(18,19)20/h1-2,5-7,17H,3H2,(H,21,22)(H,23,24)(H2,13,14,16)(H2,18,19,20)/t5-,6+,7?,9+,10+/m0/s1. The highest BCUT2D eigenvalue weighted by Crippen LogP contribution is 2.72. The SMILES string of the molecule is Nc1ccn([C@@H]2O[C@]3(CF)C(OP(=O)(O)OP(=O)(O)OP(=O)(O)O)[C@]3(O)[C@H]2Cl)c(=O)n1. The fraction of sp³-hybridized carbons (Fsp3) is 0.600. The van der Waals surface area contributed by atoms with Gasteiger partial charge in [-0.3, -0.25) is 9.09 Å². The van der Waals surface area contributed by atoms with E-state index in [2.05, 4.69) is 18.1 Å². The van der Waals surface area contributed by atoms with Crippen LogP contribution in [0, 0.1) is 0 Å². The van der Waals surface area contributed by atoms with Crippen LogP contribution in [0.4, 0.5) is 10.2 Å². The zero-order valence-electron chi connectivity index (χ0n) is 14.7. The topological polar surface area (TPSA) is 250 Å². The van der Waals surface area contributed by atoms with Crippen LogP contribution in [0.2, 0.25) is 0 Å². The molecule has 176 valence electrons. The van der Waals surface area contributed by atoms with Crippen LogP contribution >= 0.6 is 35.1 Å². The fourth-order valence-electron chi connectivity index (χ4n) is 3.13. The Bertz CT molecular complexity index is 1090. The van der Waals surface area contributed by atoms with E-state index in [0.29, 0.717) is 0 Å². The minimum atomic E-state index is -5.85. The maximum Gasteiger partial charge on any atom is 0.490 e. The lowest BCUT2D eigenvalue weighted by molar-refractivity contribution is -0.0745. The third-order valence-electron chi connectivity index (χ3n) is 4.40. The van der Waals surface area contributed by atoms with Crippen molar-refractivity contribution < 1.29 is 60.6 Å². The molecule has 2 heterocycles. The number of phosphoric acid groups is 3. The van der Waals surface area contributed by atoms with Gasteiger partial charge in [-0.15, -0.1) is 11.6 Å². The van der Waals surface area contributed by atoms with Crippen LogP contribution in [0.5, 0.6) is 0 Å². The van der Waals surface area contributed by atoms with Crippen LogP contribution in [0.25, 0.3) is 0 Å². The first kappa shape index (κ1) is 24.9. The van der Waals surface area contributed by atoms with Gasteiger partial charge in [0, 0.05) is 6.20 Å². The van der Waals surface area contributed by atoms with Gasteiger partial charge in [0.15, 0.2) is 11.8 Å². The number of ether oxygens (including phenoxy) is 1. The Morgan fingerprint density at radius 3 is 2.35 bits per heavy atom. The molecule has 0 radical (unpaired) electrons. The lowest BCUT2D eigenvalue weighted by atomic mass is 10.2. The van der Waals surface area contributed by atoms with Crippen LogP contribution in [0.3, 0.4) is 0 Å². The first-order valence-electron chi connectivity index (χ1n) is 7.75. The second-order valence-electron chi connectivity index (χ2n) is 6.38. The van der Waals surface area contributed by atoms with Crippen molar-refractivity contribution in [1.82, 2.24) is 9.55 Å². The summed E-state index contributed by atoms with van der Waals surface area (Å²) in [6.45, 7) is -1.57. The van der Waals surface area contributed by atoms with Crippen LogP contribution in [-0.4, -0.2) is 63.6 Å². The molecule has 1 saturated heterocycles. The van der Waals surface area contributed by atoms with E-state index in [1.54, 1.807) is 0 Å². The molecule has 3 rings (SSSR count). The second-order valence-corrected chi connectivity index (χ2v) is 11.2. The zero-order chi connectivity index (χ0) is 23.6. The van der Waals surface area contributed by atoms with Crippen molar-refractivity contribution in [3.8, 4) is 0 Å². The monoisotopic (exact) mass is 531 g/mol. The molecule has 0 spiro atoms. The van der Waals surface area contributed by atoms with Crippen molar-refractivity contribution in [2.24, 2.45) is 0 Å². The highest BCUT2D eigenvalue weighted by atomic mass is 35.5. The van der Waals surface area contributed by atoms with Gasteiger partial charge < -0.3 is 35.2 Å². The van der Waals surface area contributed by atoms with Gasteiger partial charge in [-0.1, -0.05) is 0 Å². The highest BCUT2D eigenvalue weighted by molar-refractivity contribution is 7.66. The molecule has 2 aliphatic rings. The van der Waals surface area contributed by atoms with Gasteiger partial charge in [-0.05, 0) is 6.07 Å². The number of anilines is 1. The maximum atomic E-state index is 13.8. The number of aliphatic hydroxyl groups is 1. The molecule has 16 nitrogen and oxygen atoms in total. The van der Waals surface area contributed by atoms with E-state index in [-0.39, 0.29) is 5.82 Å². The predicted molar refractivity (Wildman–Crippen MR) is 95.1 cm³/mol. The number of nitrogens with zero attached hydrogens (tertiary/aromatic N) is 2. The van der Waals surface area contributed by atoms with Gasteiger partial charge in [0.1, 0.15) is 29.6 Å². The number of hydrogen-bond acceptors (Lipinski definition) is 11. The molecule has 1 saturated carbocycles. The van der Waals surface area contributed by atoms with Gasteiger partial charge >= 0.3 is 29.2 Å². The summed E-state index contributed by atoms with van der Waals surface area (Å²) in [6.07, 6.45) is -2.50. The fourth-order valence-corrected chi connectivity index (χ4v) is 6.86. The minimum absolute atomic E-state index is 0.153. The molecule has 1 aromatic heterocycles. The van der Waals surface area contributed by atoms with Crippen LogP contribution in [0.15, 0.2) is 17.1 Å². The first-order valence-corrected chi connectivity index (χ1v) is 12.7. The van der Waals surface area contributed by atoms with Crippen LogP contribution in [0.1, 0.15) is 6.23 Å². The van der Waals surface area contributed by atoms with E-state index >= 15 is 0 Å². The average molecular weight is 532 g/mol. The quantitative estimate of drug-likeness (QED) is 0.176. The van der Waals surface area contributed by atoms with Crippen molar-refractivity contribution in [3.63, 3.8) is 0 Å². The van der Waals surface area contributed by atoms with Crippen LogP contribution < -0.4 is 11.4 Å².